The van der Waals surface area contributed by atoms with E-state index < -0.39 is 35.8 Å². The lowest BCUT2D eigenvalue weighted by Gasteiger charge is -2.19. The maximum absolute atomic E-state index is 12.5. The van der Waals surface area contributed by atoms with Gasteiger partial charge >= 0.3 is 12.1 Å². The first-order valence-corrected chi connectivity index (χ1v) is 6.90. The van der Waals surface area contributed by atoms with E-state index in [2.05, 4.69) is 5.32 Å². The van der Waals surface area contributed by atoms with Crippen LogP contribution >= 0.6 is 0 Å². The van der Waals surface area contributed by atoms with Crippen LogP contribution in [0.25, 0.3) is 0 Å². The van der Waals surface area contributed by atoms with Crippen LogP contribution in [0.3, 0.4) is 0 Å². The van der Waals surface area contributed by atoms with E-state index in [9.17, 15) is 27.9 Å². The number of alkyl halides is 3. The molecular weight excluding hydrogens is 315 g/mol. The van der Waals surface area contributed by atoms with Crippen molar-refractivity contribution in [1.82, 2.24) is 5.32 Å². The molecule has 5 nitrogen and oxygen atoms in total. The third kappa shape index (κ3) is 5.55. The number of aliphatic carboxylic acids is 1. The number of hydrogen-bond acceptors (Lipinski definition) is 3. The van der Waals surface area contributed by atoms with Crippen LogP contribution in [0.2, 0.25) is 0 Å². The highest BCUT2D eigenvalue weighted by Crippen LogP contribution is 2.30. The summed E-state index contributed by atoms with van der Waals surface area (Å²) in [6, 6.07) is 2.27. The Kier molecular flexibility index (Phi) is 6.14. The minimum absolute atomic E-state index is 0.000359. The van der Waals surface area contributed by atoms with Gasteiger partial charge in [0.05, 0.1) is 5.56 Å². The standard InChI is InChI=1S/C15H18F3NO4/c1-8(2)7-11(14(22)23)19-13(21)12(20)9-3-5-10(6-4-9)15(16,17)18/h3-6,8,11-12,20H,7H2,1-2H3,(H,19,21)(H,22,23)/t11-,12-/m0/s1. The molecule has 0 spiro atoms. The predicted octanol–water partition coefficient (Wildman–Crippen LogP) is 2.35. The summed E-state index contributed by atoms with van der Waals surface area (Å²) in [5.41, 5.74) is -0.957. The van der Waals surface area contributed by atoms with E-state index >= 15 is 0 Å². The number of aliphatic hydroxyl groups excluding tert-OH is 1. The molecule has 0 unspecified atom stereocenters. The van der Waals surface area contributed by atoms with Crippen molar-refractivity contribution in [1.29, 1.82) is 0 Å². The molecule has 1 aromatic carbocycles. The summed E-state index contributed by atoms with van der Waals surface area (Å²) in [4.78, 5) is 22.9. The molecule has 1 aromatic rings. The summed E-state index contributed by atoms with van der Waals surface area (Å²) < 4.78 is 37.4. The Bertz CT molecular complexity index is 555. The second-order valence-electron chi connectivity index (χ2n) is 5.55. The number of carbonyl (C=O) groups excluding carboxylic acids is 1. The molecule has 23 heavy (non-hydrogen) atoms. The molecule has 0 heterocycles. The van der Waals surface area contributed by atoms with E-state index in [1.165, 1.54) is 0 Å². The van der Waals surface area contributed by atoms with Crippen molar-refractivity contribution in [2.75, 3.05) is 0 Å². The molecule has 1 rings (SSSR count). The van der Waals surface area contributed by atoms with Crippen LogP contribution < -0.4 is 5.32 Å². The maximum atomic E-state index is 12.5. The van der Waals surface area contributed by atoms with Gasteiger partial charge in [0.1, 0.15) is 6.04 Å². The van der Waals surface area contributed by atoms with Gasteiger partial charge in [-0.25, -0.2) is 4.79 Å². The highest BCUT2D eigenvalue weighted by molar-refractivity contribution is 5.86. The fraction of sp³-hybridized carbons (Fsp3) is 0.467. The Morgan fingerprint density at radius 2 is 1.70 bits per heavy atom. The monoisotopic (exact) mass is 333 g/mol. The van der Waals surface area contributed by atoms with Gasteiger partial charge in [-0.1, -0.05) is 26.0 Å². The van der Waals surface area contributed by atoms with Crippen LogP contribution in [-0.4, -0.2) is 28.1 Å². The smallest absolute Gasteiger partial charge is 0.416 e. The van der Waals surface area contributed by atoms with Gasteiger partial charge in [0.2, 0.25) is 0 Å². The van der Waals surface area contributed by atoms with E-state index in [0.717, 1.165) is 24.3 Å². The summed E-state index contributed by atoms with van der Waals surface area (Å²) in [7, 11) is 0. The van der Waals surface area contributed by atoms with E-state index in [-0.39, 0.29) is 17.9 Å². The quantitative estimate of drug-likeness (QED) is 0.746. The minimum atomic E-state index is -4.52. The largest absolute Gasteiger partial charge is 0.480 e. The zero-order chi connectivity index (χ0) is 17.8. The molecule has 0 aromatic heterocycles. The number of rotatable bonds is 6. The Labute approximate surface area is 131 Å². The number of nitrogens with one attached hydrogen (secondary N) is 1. The lowest BCUT2D eigenvalue weighted by molar-refractivity contribution is -0.144. The van der Waals surface area contributed by atoms with E-state index in [1.807, 2.05) is 0 Å². The summed E-state index contributed by atoms with van der Waals surface area (Å²) in [5, 5.41) is 21.1. The first-order chi connectivity index (χ1) is 10.5. The second kappa shape index (κ2) is 7.45. The number of carboxylic acid groups (broad SMARTS) is 1. The van der Waals surface area contributed by atoms with E-state index in [4.69, 9.17) is 5.11 Å². The Hall–Kier alpha value is -2.09. The average molecular weight is 333 g/mol. The second-order valence-corrected chi connectivity index (χ2v) is 5.55. The number of benzene rings is 1. The van der Waals surface area contributed by atoms with Crippen molar-refractivity contribution in [3.8, 4) is 0 Å². The van der Waals surface area contributed by atoms with Crippen molar-refractivity contribution in [2.24, 2.45) is 5.92 Å². The van der Waals surface area contributed by atoms with Crippen LogP contribution in [0.1, 0.15) is 37.5 Å². The molecule has 0 radical (unpaired) electrons. The summed E-state index contributed by atoms with van der Waals surface area (Å²) >= 11 is 0. The molecule has 0 fully saturated rings. The van der Waals surface area contributed by atoms with E-state index in [1.54, 1.807) is 13.8 Å². The van der Waals surface area contributed by atoms with Gasteiger partial charge in [-0.15, -0.1) is 0 Å². The topological polar surface area (TPSA) is 86.6 Å². The maximum Gasteiger partial charge on any atom is 0.416 e. The first kappa shape index (κ1) is 19.0. The number of halogens is 3. The molecular formula is C15H18F3NO4. The predicted molar refractivity (Wildman–Crippen MR) is 75.4 cm³/mol. The van der Waals surface area contributed by atoms with Crippen LogP contribution in [0.4, 0.5) is 13.2 Å². The highest BCUT2D eigenvalue weighted by Gasteiger charge is 2.31. The van der Waals surface area contributed by atoms with Gasteiger partial charge in [0, 0.05) is 0 Å². The van der Waals surface area contributed by atoms with Crippen LogP contribution in [-0.2, 0) is 15.8 Å². The van der Waals surface area contributed by atoms with Gasteiger partial charge in [-0.3, -0.25) is 4.79 Å². The normalized spacial score (nSPS) is 14.4. The lowest BCUT2D eigenvalue weighted by Crippen LogP contribution is -2.43. The molecule has 128 valence electrons. The Morgan fingerprint density at radius 1 is 1.17 bits per heavy atom. The molecule has 0 saturated heterocycles. The summed E-state index contributed by atoms with van der Waals surface area (Å²) in [6.07, 6.45) is -6.09. The zero-order valence-corrected chi connectivity index (χ0v) is 12.6. The lowest BCUT2D eigenvalue weighted by atomic mass is 10.0. The average Bonchev–Trinajstić information content (AvgIpc) is 2.44. The van der Waals surface area contributed by atoms with Gasteiger partial charge in [-0.05, 0) is 30.0 Å². The van der Waals surface area contributed by atoms with Crippen molar-refractivity contribution in [3.63, 3.8) is 0 Å². The summed E-state index contributed by atoms with van der Waals surface area (Å²) in [6.45, 7) is 3.54. The Morgan fingerprint density at radius 3 is 2.09 bits per heavy atom. The fourth-order valence-electron chi connectivity index (χ4n) is 1.95. The van der Waals surface area contributed by atoms with E-state index in [0.29, 0.717) is 0 Å². The summed E-state index contributed by atoms with van der Waals surface area (Å²) in [5.74, 6) is -2.22. The minimum Gasteiger partial charge on any atom is -0.480 e. The molecule has 0 aliphatic heterocycles. The van der Waals surface area contributed by atoms with Crippen LogP contribution in [0, 0.1) is 5.92 Å². The molecule has 1 amide bonds. The number of aliphatic hydroxyl groups is 1. The van der Waals surface area contributed by atoms with Crippen molar-refractivity contribution in [2.45, 2.75) is 38.6 Å². The number of carbonyl (C=O) groups is 2. The van der Waals surface area contributed by atoms with Crippen molar-refractivity contribution >= 4 is 11.9 Å². The van der Waals surface area contributed by atoms with Gasteiger partial charge in [0.15, 0.2) is 6.10 Å². The SMILES string of the molecule is CC(C)C[C@H](NC(=O)[C@@H](O)c1ccc(C(F)(F)F)cc1)C(=O)O. The third-order valence-electron chi connectivity index (χ3n) is 3.12. The Balaban J connectivity index is 2.81. The molecule has 0 aliphatic carbocycles. The van der Waals surface area contributed by atoms with Crippen molar-refractivity contribution < 1.29 is 33.0 Å². The first-order valence-electron chi connectivity index (χ1n) is 6.90. The van der Waals surface area contributed by atoms with Gasteiger partial charge < -0.3 is 15.5 Å². The van der Waals surface area contributed by atoms with Crippen molar-refractivity contribution in [3.05, 3.63) is 35.4 Å². The molecule has 0 bridgehead atoms. The highest BCUT2D eigenvalue weighted by atomic mass is 19.4. The number of amides is 1. The van der Waals surface area contributed by atoms with Gasteiger partial charge in [0.25, 0.3) is 5.91 Å². The molecule has 2 atom stereocenters. The number of carboxylic acids is 1. The molecule has 0 saturated carbocycles. The molecule has 8 heteroatoms. The number of hydrogen-bond donors (Lipinski definition) is 3. The molecule has 0 aliphatic rings. The fourth-order valence-corrected chi connectivity index (χ4v) is 1.95. The van der Waals surface area contributed by atoms with Crippen LogP contribution in [0.15, 0.2) is 24.3 Å². The van der Waals surface area contributed by atoms with Crippen LogP contribution in [0.5, 0.6) is 0 Å². The third-order valence-corrected chi connectivity index (χ3v) is 3.12. The van der Waals surface area contributed by atoms with Gasteiger partial charge in [-0.2, -0.15) is 13.2 Å². The zero-order valence-electron chi connectivity index (χ0n) is 12.6. The molecule has 3 N–H and O–H groups in total.